The van der Waals surface area contributed by atoms with Crippen LogP contribution in [0.2, 0.25) is 0 Å². The molecular weight excluding hydrogens is 412 g/mol. The first-order valence-corrected chi connectivity index (χ1v) is 11.2. The van der Waals surface area contributed by atoms with Gasteiger partial charge in [-0.1, -0.05) is 42.5 Å². The number of aliphatic hydroxyl groups is 1. The molecule has 1 amide bonds. The number of aromatic nitrogens is 1. The van der Waals surface area contributed by atoms with Crippen LogP contribution in [0.3, 0.4) is 0 Å². The van der Waals surface area contributed by atoms with E-state index in [0.717, 1.165) is 36.0 Å². The summed E-state index contributed by atoms with van der Waals surface area (Å²) in [5.74, 6) is -0.0750. The van der Waals surface area contributed by atoms with Gasteiger partial charge < -0.3 is 15.3 Å². The third-order valence-electron chi connectivity index (χ3n) is 6.17. The maximum absolute atomic E-state index is 12.8. The number of aliphatic hydroxyl groups excluding tert-OH is 1. The van der Waals surface area contributed by atoms with E-state index >= 15 is 0 Å². The molecule has 1 aromatic heterocycles. The fourth-order valence-electron chi connectivity index (χ4n) is 4.41. The summed E-state index contributed by atoms with van der Waals surface area (Å²) in [6.07, 6.45) is 5.47. The van der Waals surface area contributed by atoms with Crippen molar-refractivity contribution in [2.75, 3.05) is 7.05 Å². The summed E-state index contributed by atoms with van der Waals surface area (Å²) in [6.45, 7) is 0.389. The van der Waals surface area contributed by atoms with Crippen LogP contribution in [-0.4, -0.2) is 40.0 Å². The fourth-order valence-corrected chi connectivity index (χ4v) is 4.41. The van der Waals surface area contributed by atoms with E-state index in [2.05, 4.69) is 16.4 Å². The van der Waals surface area contributed by atoms with Crippen molar-refractivity contribution in [1.29, 1.82) is 5.26 Å². The molecule has 3 atom stereocenters. The smallest absolute Gasteiger partial charge is 0.253 e. The van der Waals surface area contributed by atoms with Gasteiger partial charge in [-0.15, -0.1) is 0 Å². The van der Waals surface area contributed by atoms with Crippen LogP contribution in [-0.2, 0) is 13.0 Å². The Balaban J connectivity index is 1.32. The summed E-state index contributed by atoms with van der Waals surface area (Å²) in [7, 11) is 1.75. The Labute approximate surface area is 194 Å². The second kappa shape index (κ2) is 10.4. The number of amides is 1. The van der Waals surface area contributed by atoms with Crippen molar-refractivity contribution in [1.82, 2.24) is 15.2 Å². The van der Waals surface area contributed by atoms with Crippen molar-refractivity contribution in [2.24, 2.45) is 0 Å². The predicted octanol–water partition coefficient (Wildman–Crippen LogP) is 3.62. The number of rotatable bonds is 7. The van der Waals surface area contributed by atoms with Crippen molar-refractivity contribution in [3.63, 3.8) is 0 Å². The van der Waals surface area contributed by atoms with E-state index in [9.17, 15) is 9.90 Å². The lowest BCUT2D eigenvalue weighted by Crippen LogP contribution is -2.35. The van der Waals surface area contributed by atoms with E-state index < -0.39 is 6.10 Å². The first-order chi connectivity index (χ1) is 16.0. The third-order valence-corrected chi connectivity index (χ3v) is 6.17. The molecule has 168 valence electrons. The van der Waals surface area contributed by atoms with E-state index in [1.807, 2.05) is 54.6 Å². The van der Waals surface area contributed by atoms with E-state index in [4.69, 9.17) is 5.26 Å². The summed E-state index contributed by atoms with van der Waals surface area (Å²) in [5.41, 5.74) is 4.03. The van der Waals surface area contributed by atoms with Gasteiger partial charge in [0.05, 0.1) is 11.7 Å². The standard InChI is InChI=1S/C27H28N4O2/c1-31(18-21-13-20(15-28)16-29-17-21)27(33)23-9-7-19(8-10-23)14-24-11-12-25(30-24)26(32)22-5-3-2-4-6-22/h2-10,13,16-17,24-26,30,32H,11-12,14,18H2,1H3. The van der Waals surface area contributed by atoms with Gasteiger partial charge in [-0.3, -0.25) is 9.78 Å². The van der Waals surface area contributed by atoms with E-state index in [-0.39, 0.29) is 11.9 Å². The van der Waals surface area contributed by atoms with Crippen LogP contribution in [0.5, 0.6) is 0 Å². The minimum atomic E-state index is -0.504. The fraction of sp³-hybridized carbons (Fsp3) is 0.296. The largest absolute Gasteiger partial charge is 0.387 e. The van der Waals surface area contributed by atoms with Gasteiger partial charge in [-0.05, 0) is 54.2 Å². The van der Waals surface area contributed by atoms with Crippen LogP contribution < -0.4 is 5.32 Å². The molecule has 0 aliphatic carbocycles. The summed E-state index contributed by atoms with van der Waals surface area (Å²) in [6, 6.07) is 21.7. The van der Waals surface area contributed by atoms with Crippen LogP contribution in [0.1, 0.15) is 51.6 Å². The second-order valence-corrected chi connectivity index (χ2v) is 8.66. The molecule has 4 rings (SSSR count). The normalized spacial score (nSPS) is 18.5. The molecule has 2 aromatic carbocycles. The molecule has 6 nitrogen and oxygen atoms in total. The molecular formula is C27H28N4O2. The summed E-state index contributed by atoms with van der Waals surface area (Å²) in [5, 5.41) is 23.3. The van der Waals surface area contributed by atoms with Gasteiger partial charge in [-0.25, -0.2) is 0 Å². The molecule has 3 unspecified atom stereocenters. The lowest BCUT2D eigenvalue weighted by molar-refractivity contribution is 0.0785. The molecule has 0 radical (unpaired) electrons. The van der Waals surface area contributed by atoms with Crippen molar-refractivity contribution in [3.8, 4) is 6.07 Å². The summed E-state index contributed by atoms with van der Waals surface area (Å²) < 4.78 is 0. The van der Waals surface area contributed by atoms with E-state index in [0.29, 0.717) is 23.7 Å². The highest BCUT2D eigenvalue weighted by Gasteiger charge is 2.29. The van der Waals surface area contributed by atoms with Crippen LogP contribution in [0.4, 0.5) is 0 Å². The molecule has 0 spiro atoms. The highest BCUT2D eigenvalue weighted by Crippen LogP contribution is 2.26. The monoisotopic (exact) mass is 440 g/mol. The number of nitrogens with one attached hydrogen (secondary N) is 1. The molecule has 3 aromatic rings. The van der Waals surface area contributed by atoms with Gasteiger partial charge in [0.25, 0.3) is 5.91 Å². The number of nitrogens with zero attached hydrogens (tertiary/aromatic N) is 3. The number of nitriles is 1. The molecule has 0 bridgehead atoms. The lowest BCUT2D eigenvalue weighted by Gasteiger charge is -2.20. The van der Waals surface area contributed by atoms with Gasteiger partial charge in [0.15, 0.2) is 0 Å². The number of carbonyl (C=O) groups is 1. The molecule has 2 heterocycles. The molecule has 0 saturated carbocycles. The molecule has 6 heteroatoms. The molecule has 1 saturated heterocycles. The van der Waals surface area contributed by atoms with E-state index in [1.165, 1.54) is 6.20 Å². The first kappa shape index (κ1) is 22.7. The van der Waals surface area contributed by atoms with Crippen LogP contribution in [0.25, 0.3) is 0 Å². The predicted molar refractivity (Wildman–Crippen MR) is 126 cm³/mol. The van der Waals surface area contributed by atoms with Gasteiger partial charge in [-0.2, -0.15) is 5.26 Å². The SMILES string of the molecule is CN(Cc1cncc(C#N)c1)C(=O)c1ccc(CC2CCC(C(O)c3ccccc3)N2)cc1. The van der Waals surface area contributed by atoms with E-state index in [1.54, 1.807) is 24.2 Å². The van der Waals surface area contributed by atoms with Gasteiger partial charge in [0, 0.05) is 43.6 Å². The van der Waals surface area contributed by atoms with Gasteiger partial charge >= 0.3 is 0 Å². The quantitative estimate of drug-likeness (QED) is 0.586. The van der Waals surface area contributed by atoms with Crippen molar-refractivity contribution >= 4 is 5.91 Å². The van der Waals surface area contributed by atoms with Crippen LogP contribution in [0, 0.1) is 11.3 Å². The Bertz CT molecular complexity index is 1120. The minimum Gasteiger partial charge on any atom is -0.387 e. The Hall–Kier alpha value is -3.53. The Morgan fingerprint density at radius 3 is 2.64 bits per heavy atom. The van der Waals surface area contributed by atoms with Crippen molar-refractivity contribution in [2.45, 2.75) is 44.0 Å². The van der Waals surface area contributed by atoms with Crippen LogP contribution in [0.15, 0.2) is 73.1 Å². The Morgan fingerprint density at radius 1 is 1.15 bits per heavy atom. The lowest BCUT2D eigenvalue weighted by atomic mass is 10.0. The Kier molecular flexibility index (Phi) is 7.13. The third kappa shape index (κ3) is 5.64. The summed E-state index contributed by atoms with van der Waals surface area (Å²) >= 11 is 0. The van der Waals surface area contributed by atoms with Gasteiger partial charge in [0.1, 0.15) is 6.07 Å². The van der Waals surface area contributed by atoms with Crippen molar-refractivity contribution in [3.05, 3.63) is 101 Å². The highest BCUT2D eigenvalue weighted by molar-refractivity contribution is 5.94. The second-order valence-electron chi connectivity index (χ2n) is 8.66. The molecule has 2 N–H and O–H groups in total. The van der Waals surface area contributed by atoms with Crippen molar-refractivity contribution < 1.29 is 9.90 Å². The maximum atomic E-state index is 12.8. The number of hydrogen-bond acceptors (Lipinski definition) is 5. The Morgan fingerprint density at radius 2 is 1.91 bits per heavy atom. The zero-order valence-electron chi connectivity index (χ0n) is 18.7. The number of carbonyl (C=O) groups excluding carboxylic acids is 1. The van der Waals surface area contributed by atoms with Crippen LogP contribution >= 0.6 is 0 Å². The summed E-state index contributed by atoms with van der Waals surface area (Å²) in [4.78, 5) is 18.5. The topological polar surface area (TPSA) is 89.2 Å². The highest BCUT2D eigenvalue weighted by atomic mass is 16.3. The average Bonchev–Trinajstić information content (AvgIpc) is 3.32. The zero-order valence-corrected chi connectivity index (χ0v) is 18.7. The molecule has 33 heavy (non-hydrogen) atoms. The molecule has 1 aliphatic rings. The number of benzene rings is 2. The van der Waals surface area contributed by atoms with Gasteiger partial charge in [0.2, 0.25) is 0 Å². The minimum absolute atomic E-state index is 0.0564. The average molecular weight is 441 g/mol. The maximum Gasteiger partial charge on any atom is 0.253 e. The number of hydrogen-bond donors (Lipinski definition) is 2. The number of pyridine rings is 1. The first-order valence-electron chi connectivity index (χ1n) is 11.2. The zero-order chi connectivity index (χ0) is 23.2. The molecule has 1 fully saturated rings. The molecule has 1 aliphatic heterocycles.